The Morgan fingerprint density at radius 1 is 1.17 bits per heavy atom. The molecule has 124 valence electrons. The second-order valence-electron chi connectivity index (χ2n) is 4.62. The summed E-state index contributed by atoms with van der Waals surface area (Å²) in [5.74, 6) is -1.92. The van der Waals surface area contributed by atoms with Gasteiger partial charge in [-0.3, -0.25) is 14.9 Å². The standard InChI is InChI=1S/C15H12N2O7/c18-10-3-6-13(12(7-10)15(20)21)16-14(19)8-24-11-4-1-9(2-5-11)17(22)23/h1-7,18H,8H2,(H,16,19)(H,20,21). The summed E-state index contributed by atoms with van der Waals surface area (Å²) in [7, 11) is 0. The number of carboxylic acids is 1. The Balaban J connectivity index is 1.99. The lowest BCUT2D eigenvalue weighted by Gasteiger charge is -2.10. The van der Waals surface area contributed by atoms with Crippen LogP contribution in [0.25, 0.3) is 0 Å². The molecule has 2 rings (SSSR count). The van der Waals surface area contributed by atoms with Crippen molar-refractivity contribution in [3.05, 3.63) is 58.1 Å². The molecule has 0 unspecified atom stereocenters. The van der Waals surface area contributed by atoms with Gasteiger partial charge in [-0.1, -0.05) is 0 Å². The Morgan fingerprint density at radius 3 is 2.42 bits per heavy atom. The largest absolute Gasteiger partial charge is 0.508 e. The first-order valence-corrected chi connectivity index (χ1v) is 6.60. The zero-order valence-electron chi connectivity index (χ0n) is 12.1. The number of aromatic hydroxyl groups is 1. The van der Waals surface area contributed by atoms with Crippen LogP contribution in [0.1, 0.15) is 10.4 Å². The maximum Gasteiger partial charge on any atom is 0.337 e. The summed E-state index contributed by atoms with van der Waals surface area (Å²) in [6, 6.07) is 8.64. The molecular weight excluding hydrogens is 320 g/mol. The molecule has 24 heavy (non-hydrogen) atoms. The summed E-state index contributed by atoms with van der Waals surface area (Å²) in [6.07, 6.45) is 0. The van der Waals surface area contributed by atoms with Gasteiger partial charge in [-0.05, 0) is 30.3 Å². The molecule has 1 amide bonds. The molecule has 0 heterocycles. The number of nitro groups is 1. The van der Waals surface area contributed by atoms with E-state index in [1.54, 1.807) is 0 Å². The highest BCUT2D eigenvalue weighted by Gasteiger charge is 2.14. The van der Waals surface area contributed by atoms with Gasteiger partial charge in [0.15, 0.2) is 6.61 Å². The Hall–Kier alpha value is -3.62. The predicted molar refractivity (Wildman–Crippen MR) is 82.3 cm³/mol. The van der Waals surface area contributed by atoms with Gasteiger partial charge < -0.3 is 20.3 Å². The number of carbonyl (C=O) groups excluding carboxylic acids is 1. The molecule has 2 aromatic rings. The zero-order valence-corrected chi connectivity index (χ0v) is 12.1. The molecule has 0 aliphatic rings. The number of nitro benzene ring substituents is 1. The topological polar surface area (TPSA) is 139 Å². The third-order valence-corrected chi connectivity index (χ3v) is 2.93. The average molecular weight is 332 g/mol. The molecular formula is C15H12N2O7. The molecule has 0 spiro atoms. The quantitative estimate of drug-likeness (QED) is 0.417. The number of carbonyl (C=O) groups is 2. The Labute approximate surface area is 135 Å². The SMILES string of the molecule is O=C(COc1ccc([N+](=O)[O-])cc1)Nc1ccc(O)cc1C(=O)O. The Bertz CT molecular complexity index is 787. The first kappa shape index (κ1) is 16.7. The lowest BCUT2D eigenvalue weighted by atomic mass is 10.1. The zero-order chi connectivity index (χ0) is 17.7. The summed E-state index contributed by atoms with van der Waals surface area (Å²) < 4.78 is 5.17. The van der Waals surface area contributed by atoms with Crippen LogP contribution in [0.3, 0.4) is 0 Å². The van der Waals surface area contributed by atoms with Gasteiger partial charge in [-0.15, -0.1) is 0 Å². The van der Waals surface area contributed by atoms with Crippen LogP contribution in [0, 0.1) is 10.1 Å². The first-order valence-electron chi connectivity index (χ1n) is 6.60. The average Bonchev–Trinajstić information content (AvgIpc) is 2.54. The number of anilines is 1. The van der Waals surface area contributed by atoms with Crippen molar-refractivity contribution in [1.29, 1.82) is 0 Å². The number of nitrogens with one attached hydrogen (secondary N) is 1. The number of benzene rings is 2. The number of nitrogens with zero attached hydrogens (tertiary/aromatic N) is 1. The number of carboxylic acid groups (broad SMARTS) is 1. The van der Waals surface area contributed by atoms with Gasteiger partial charge in [0.1, 0.15) is 11.5 Å². The third-order valence-electron chi connectivity index (χ3n) is 2.93. The molecule has 0 aliphatic heterocycles. The van der Waals surface area contributed by atoms with Crippen molar-refractivity contribution in [2.24, 2.45) is 0 Å². The van der Waals surface area contributed by atoms with Gasteiger partial charge in [-0.25, -0.2) is 4.79 Å². The highest BCUT2D eigenvalue weighted by Crippen LogP contribution is 2.21. The number of amides is 1. The molecule has 0 saturated carbocycles. The molecule has 0 fully saturated rings. The Morgan fingerprint density at radius 2 is 1.83 bits per heavy atom. The molecule has 0 saturated heterocycles. The molecule has 0 bridgehead atoms. The van der Waals surface area contributed by atoms with Crippen LogP contribution in [-0.4, -0.2) is 33.6 Å². The smallest absolute Gasteiger partial charge is 0.337 e. The second kappa shape index (κ2) is 7.09. The van der Waals surface area contributed by atoms with Crippen molar-refractivity contribution in [1.82, 2.24) is 0 Å². The number of rotatable bonds is 6. The highest BCUT2D eigenvalue weighted by atomic mass is 16.6. The van der Waals surface area contributed by atoms with Crippen molar-refractivity contribution >= 4 is 23.3 Å². The van der Waals surface area contributed by atoms with Gasteiger partial charge in [0.2, 0.25) is 0 Å². The van der Waals surface area contributed by atoms with E-state index in [-0.39, 0.29) is 28.4 Å². The van der Waals surface area contributed by atoms with Crippen LogP contribution in [0.2, 0.25) is 0 Å². The van der Waals surface area contributed by atoms with Crippen LogP contribution in [0.15, 0.2) is 42.5 Å². The van der Waals surface area contributed by atoms with Gasteiger partial charge >= 0.3 is 5.97 Å². The molecule has 0 aromatic heterocycles. The number of non-ortho nitro benzene ring substituents is 1. The number of hydrogen-bond acceptors (Lipinski definition) is 6. The van der Waals surface area contributed by atoms with E-state index in [4.69, 9.17) is 9.84 Å². The van der Waals surface area contributed by atoms with Gasteiger partial charge in [0, 0.05) is 12.1 Å². The van der Waals surface area contributed by atoms with E-state index in [0.29, 0.717) is 0 Å². The van der Waals surface area contributed by atoms with Gasteiger partial charge in [0.25, 0.3) is 11.6 Å². The fourth-order valence-corrected chi connectivity index (χ4v) is 1.82. The summed E-state index contributed by atoms with van der Waals surface area (Å²) in [4.78, 5) is 32.9. The monoisotopic (exact) mass is 332 g/mol. The molecule has 3 N–H and O–H groups in total. The maximum absolute atomic E-state index is 11.8. The molecule has 2 aromatic carbocycles. The third kappa shape index (κ3) is 4.19. The highest BCUT2D eigenvalue weighted by molar-refractivity contribution is 6.01. The number of phenols is 1. The summed E-state index contributed by atoms with van der Waals surface area (Å²) in [5, 5.41) is 31.2. The number of aromatic carboxylic acids is 1. The van der Waals surface area contributed by atoms with E-state index < -0.39 is 23.4 Å². The van der Waals surface area contributed by atoms with E-state index in [1.165, 1.54) is 36.4 Å². The van der Waals surface area contributed by atoms with Crippen LogP contribution in [0.5, 0.6) is 11.5 Å². The summed E-state index contributed by atoms with van der Waals surface area (Å²) in [6.45, 7) is -0.419. The maximum atomic E-state index is 11.8. The molecule has 0 radical (unpaired) electrons. The first-order chi connectivity index (χ1) is 11.4. The van der Waals surface area contributed by atoms with E-state index in [9.17, 15) is 24.8 Å². The fraction of sp³-hybridized carbons (Fsp3) is 0.0667. The number of phenolic OH excluding ortho intramolecular Hbond substituents is 1. The molecule has 0 aliphatic carbocycles. The second-order valence-corrected chi connectivity index (χ2v) is 4.62. The number of hydrogen-bond donors (Lipinski definition) is 3. The minimum atomic E-state index is -1.31. The van der Waals surface area contributed by atoms with Crippen molar-refractivity contribution in [3.8, 4) is 11.5 Å². The molecule has 0 atom stereocenters. The van der Waals surface area contributed by atoms with Crippen LogP contribution in [0.4, 0.5) is 11.4 Å². The van der Waals surface area contributed by atoms with E-state index in [1.807, 2.05) is 0 Å². The van der Waals surface area contributed by atoms with Crippen molar-refractivity contribution in [2.75, 3.05) is 11.9 Å². The summed E-state index contributed by atoms with van der Waals surface area (Å²) >= 11 is 0. The van der Waals surface area contributed by atoms with E-state index in [2.05, 4.69) is 5.32 Å². The normalized spacial score (nSPS) is 10.0. The fourth-order valence-electron chi connectivity index (χ4n) is 1.82. The molecule has 9 nitrogen and oxygen atoms in total. The van der Waals surface area contributed by atoms with E-state index >= 15 is 0 Å². The molecule has 9 heteroatoms. The van der Waals surface area contributed by atoms with E-state index in [0.717, 1.165) is 6.07 Å². The van der Waals surface area contributed by atoms with Gasteiger partial charge in [-0.2, -0.15) is 0 Å². The lowest BCUT2D eigenvalue weighted by Crippen LogP contribution is -2.21. The van der Waals surface area contributed by atoms with Crippen LogP contribution in [-0.2, 0) is 4.79 Å². The van der Waals surface area contributed by atoms with Crippen LogP contribution >= 0.6 is 0 Å². The lowest BCUT2D eigenvalue weighted by molar-refractivity contribution is -0.384. The van der Waals surface area contributed by atoms with Crippen molar-refractivity contribution in [3.63, 3.8) is 0 Å². The number of ether oxygens (including phenoxy) is 1. The predicted octanol–water partition coefficient (Wildman–Crippen LogP) is 2.02. The van der Waals surface area contributed by atoms with Gasteiger partial charge in [0.05, 0.1) is 16.2 Å². The Kier molecular flexibility index (Phi) is 4.95. The van der Waals surface area contributed by atoms with Crippen molar-refractivity contribution in [2.45, 2.75) is 0 Å². The van der Waals surface area contributed by atoms with Crippen molar-refractivity contribution < 1.29 is 29.5 Å². The minimum Gasteiger partial charge on any atom is -0.508 e. The van der Waals surface area contributed by atoms with Crippen LogP contribution < -0.4 is 10.1 Å². The summed E-state index contributed by atoms with van der Waals surface area (Å²) in [5.41, 5.74) is -0.363. The minimum absolute atomic E-state index is 0.0117.